The summed E-state index contributed by atoms with van der Waals surface area (Å²) in [6, 6.07) is 10.1. The van der Waals surface area contributed by atoms with Crippen LogP contribution in [0.5, 0.6) is 0 Å². The molecule has 0 radical (unpaired) electrons. The lowest BCUT2D eigenvalue weighted by atomic mass is 9.94. The second-order valence-corrected chi connectivity index (χ2v) is 16.0. The number of aromatic nitrogens is 2. The van der Waals surface area contributed by atoms with Gasteiger partial charge in [-0.15, -0.1) is 0 Å². The maximum absolute atomic E-state index is 13.4. The predicted molar refractivity (Wildman–Crippen MR) is 203 cm³/mol. The van der Waals surface area contributed by atoms with Gasteiger partial charge in [0.25, 0.3) is 0 Å². The van der Waals surface area contributed by atoms with Crippen LogP contribution < -0.4 is 10.2 Å². The molecular weight excluding hydrogens is 678 g/mol. The van der Waals surface area contributed by atoms with Crippen LogP contribution in [0.25, 0.3) is 0 Å². The summed E-state index contributed by atoms with van der Waals surface area (Å²) in [5.74, 6) is -0.269. The number of anilines is 2. The van der Waals surface area contributed by atoms with E-state index in [2.05, 4.69) is 15.2 Å². The maximum Gasteiger partial charge on any atom is 0.410 e. The van der Waals surface area contributed by atoms with Crippen molar-refractivity contribution in [2.45, 2.75) is 124 Å². The van der Waals surface area contributed by atoms with Crippen LogP contribution in [-0.2, 0) is 32.2 Å². The van der Waals surface area contributed by atoms with Crippen molar-refractivity contribution < 1.29 is 33.8 Å². The molecule has 2 aliphatic rings. The number of nitrogens with one attached hydrogen (secondary N) is 1. The average molecular weight is 738 g/mol. The maximum atomic E-state index is 13.4. The van der Waals surface area contributed by atoms with E-state index in [0.717, 1.165) is 48.3 Å². The van der Waals surface area contributed by atoms with Gasteiger partial charge in [-0.1, -0.05) is 43.5 Å². The van der Waals surface area contributed by atoms with E-state index in [1.807, 2.05) is 83.7 Å². The van der Waals surface area contributed by atoms with Gasteiger partial charge in [0.1, 0.15) is 23.4 Å². The number of carbonyl (C=O) groups is 4. The van der Waals surface area contributed by atoms with E-state index < -0.39 is 29.7 Å². The van der Waals surface area contributed by atoms with Crippen molar-refractivity contribution in [3.8, 4) is 0 Å². The van der Waals surface area contributed by atoms with Crippen LogP contribution in [0.15, 0.2) is 30.3 Å². The highest BCUT2D eigenvalue weighted by molar-refractivity contribution is 5.93. The zero-order chi connectivity index (χ0) is 38.8. The van der Waals surface area contributed by atoms with Crippen LogP contribution in [0.3, 0.4) is 0 Å². The van der Waals surface area contributed by atoms with Crippen molar-refractivity contribution in [3.05, 3.63) is 47.2 Å². The van der Waals surface area contributed by atoms with E-state index in [-0.39, 0.29) is 18.0 Å². The zero-order valence-electron chi connectivity index (χ0n) is 32.7. The minimum Gasteiger partial charge on any atom is -0.481 e. The Labute approximate surface area is 314 Å². The predicted octanol–water partition coefficient (Wildman–Crippen LogP) is 6.22. The standard InChI is InChI=1S/C39H59N7O7/c1-28-24-32(43-20-22-44(23-21-43)33(47)25-34(48)49)42-35(41-28)40-26-29-14-16-30(17-15-29)27-45(36(50)52-38(2,3)4)18-11-19-46(31-12-9-8-10-13-31)37(51)53-39(5,6)7/h14-17,24,31H,8-13,18-23,25-27H2,1-7H3,(H,48,49)(H,40,41,42). The molecule has 0 bridgehead atoms. The van der Waals surface area contributed by atoms with E-state index in [1.54, 1.807) is 9.80 Å². The molecule has 2 fully saturated rings. The summed E-state index contributed by atoms with van der Waals surface area (Å²) in [6.45, 7) is 16.8. The van der Waals surface area contributed by atoms with E-state index in [9.17, 15) is 19.2 Å². The number of hydrogen-bond donors (Lipinski definition) is 2. The van der Waals surface area contributed by atoms with Crippen LogP contribution >= 0.6 is 0 Å². The minimum absolute atomic E-state index is 0.144. The summed E-state index contributed by atoms with van der Waals surface area (Å²) in [7, 11) is 0. The van der Waals surface area contributed by atoms with Gasteiger partial charge >= 0.3 is 18.2 Å². The minimum atomic E-state index is -1.12. The largest absolute Gasteiger partial charge is 0.481 e. The quantitative estimate of drug-likeness (QED) is 0.225. The molecule has 1 aliphatic carbocycles. The Balaban J connectivity index is 1.36. The second-order valence-electron chi connectivity index (χ2n) is 16.0. The highest BCUT2D eigenvalue weighted by Crippen LogP contribution is 2.25. The van der Waals surface area contributed by atoms with Gasteiger partial charge in [0.2, 0.25) is 11.9 Å². The first-order valence-electron chi connectivity index (χ1n) is 18.9. The van der Waals surface area contributed by atoms with E-state index >= 15 is 0 Å². The van der Waals surface area contributed by atoms with Crippen LogP contribution in [0, 0.1) is 6.92 Å². The van der Waals surface area contributed by atoms with Gasteiger partial charge in [-0.3, -0.25) is 9.59 Å². The third-order valence-corrected chi connectivity index (χ3v) is 9.07. The Kier molecular flexibility index (Phi) is 14.3. The van der Waals surface area contributed by atoms with Crippen LogP contribution in [0.4, 0.5) is 21.4 Å². The fraction of sp³-hybridized carbons (Fsp3) is 0.641. The van der Waals surface area contributed by atoms with Crippen molar-refractivity contribution in [2.24, 2.45) is 0 Å². The number of piperazine rings is 1. The average Bonchev–Trinajstić information content (AvgIpc) is 3.07. The Hall–Kier alpha value is -4.62. The number of amides is 3. The van der Waals surface area contributed by atoms with Gasteiger partial charge < -0.3 is 39.5 Å². The monoisotopic (exact) mass is 737 g/mol. The van der Waals surface area contributed by atoms with Crippen LogP contribution in [-0.4, -0.2) is 110 Å². The number of nitrogens with zero attached hydrogens (tertiary/aromatic N) is 6. The summed E-state index contributed by atoms with van der Waals surface area (Å²) >= 11 is 0. The van der Waals surface area contributed by atoms with Crippen LogP contribution in [0.2, 0.25) is 0 Å². The number of carboxylic acid groups (broad SMARTS) is 1. The van der Waals surface area contributed by atoms with Crippen molar-refractivity contribution >= 4 is 35.8 Å². The number of carboxylic acids is 1. The number of rotatable bonds is 13. The Bertz CT molecular complexity index is 1540. The molecule has 1 aliphatic heterocycles. The SMILES string of the molecule is Cc1cc(N2CCN(C(=O)CC(=O)O)CC2)nc(NCc2ccc(CN(CCCN(C(=O)OC(C)(C)C)C3CCCCC3)C(=O)OC(C)(C)C)cc2)n1. The lowest BCUT2D eigenvalue weighted by Crippen LogP contribution is -2.49. The molecule has 2 aromatic rings. The number of carbonyl (C=O) groups excluding carboxylic acids is 3. The van der Waals surface area contributed by atoms with Gasteiger partial charge in [-0.05, 0) is 78.9 Å². The summed E-state index contributed by atoms with van der Waals surface area (Å²) in [6.07, 6.45) is 4.70. The molecule has 4 rings (SSSR count). The molecular formula is C39H59N7O7. The molecule has 292 valence electrons. The molecule has 0 unspecified atom stereocenters. The Morgan fingerprint density at radius 3 is 2.06 bits per heavy atom. The third kappa shape index (κ3) is 13.7. The van der Waals surface area contributed by atoms with Gasteiger partial charge in [-0.2, -0.15) is 4.98 Å². The first-order chi connectivity index (χ1) is 25.0. The molecule has 1 saturated heterocycles. The number of aliphatic carboxylic acids is 1. The topological polar surface area (TPSA) is 158 Å². The second kappa shape index (κ2) is 18.4. The molecule has 1 saturated carbocycles. The molecule has 0 atom stereocenters. The number of benzene rings is 1. The fourth-order valence-electron chi connectivity index (χ4n) is 6.51. The van der Waals surface area contributed by atoms with E-state index in [0.29, 0.717) is 64.7 Å². The highest BCUT2D eigenvalue weighted by atomic mass is 16.6. The summed E-state index contributed by atoms with van der Waals surface area (Å²) in [5, 5.41) is 12.3. The smallest absolute Gasteiger partial charge is 0.410 e. The molecule has 3 amide bonds. The lowest BCUT2D eigenvalue weighted by molar-refractivity contribution is -0.144. The summed E-state index contributed by atoms with van der Waals surface area (Å²) in [4.78, 5) is 66.2. The fourth-order valence-corrected chi connectivity index (χ4v) is 6.51. The molecule has 2 N–H and O–H groups in total. The zero-order valence-corrected chi connectivity index (χ0v) is 32.7. The molecule has 53 heavy (non-hydrogen) atoms. The number of aryl methyl sites for hydroxylation is 1. The summed E-state index contributed by atoms with van der Waals surface area (Å²) in [5.41, 5.74) is 1.52. The molecule has 2 heterocycles. The summed E-state index contributed by atoms with van der Waals surface area (Å²) < 4.78 is 11.6. The number of ether oxygens (including phenoxy) is 2. The normalized spacial score (nSPS) is 15.5. The van der Waals surface area contributed by atoms with Gasteiger partial charge in [-0.25, -0.2) is 14.6 Å². The van der Waals surface area contributed by atoms with E-state index in [1.165, 1.54) is 6.42 Å². The molecule has 14 nitrogen and oxygen atoms in total. The Morgan fingerprint density at radius 2 is 1.45 bits per heavy atom. The number of hydrogen-bond acceptors (Lipinski definition) is 10. The first-order valence-corrected chi connectivity index (χ1v) is 18.9. The van der Waals surface area contributed by atoms with Crippen molar-refractivity contribution in [2.75, 3.05) is 49.5 Å². The highest BCUT2D eigenvalue weighted by Gasteiger charge is 2.30. The van der Waals surface area contributed by atoms with E-state index in [4.69, 9.17) is 19.6 Å². The third-order valence-electron chi connectivity index (χ3n) is 9.07. The van der Waals surface area contributed by atoms with Gasteiger partial charge in [0.05, 0.1) is 0 Å². The van der Waals surface area contributed by atoms with Crippen molar-refractivity contribution in [1.82, 2.24) is 24.7 Å². The van der Waals surface area contributed by atoms with Crippen molar-refractivity contribution in [1.29, 1.82) is 0 Å². The molecule has 14 heteroatoms. The van der Waals surface area contributed by atoms with Gasteiger partial charge in [0, 0.05) is 70.2 Å². The Morgan fingerprint density at radius 1 is 0.849 bits per heavy atom. The van der Waals surface area contributed by atoms with Crippen molar-refractivity contribution in [3.63, 3.8) is 0 Å². The van der Waals surface area contributed by atoms with Crippen LogP contribution in [0.1, 0.15) is 103 Å². The first kappa shape index (κ1) is 41.1. The molecule has 0 spiro atoms. The molecule has 1 aromatic heterocycles. The van der Waals surface area contributed by atoms with Gasteiger partial charge in [0.15, 0.2) is 0 Å². The lowest BCUT2D eigenvalue weighted by Gasteiger charge is -2.36. The molecule has 1 aromatic carbocycles.